The number of carbonyl (C=O) groups excluding carboxylic acids is 1. The van der Waals surface area contributed by atoms with Gasteiger partial charge in [-0.3, -0.25) is 4.79 Å². The number of para-hydroxylation sites is 1. The number of amides is 1. The molecule has 0 saturated carbocycles. The first-order valence-electron chi connectivity index (χ1n) is 11.1. The van der Waals surface area contributed by atoms with E-state index in [4.69, 9.17) is 4.74 Å². The Balaban J connectivity index is 1.44. The minimum absolute atomic E-state index is 0.130. The summed E-state index contributed by atoms with van der Waals surface area (Å²) < 4.78 is 62.3. The number of carbonyl (C=O) groups is 1. The highest BCUT2D eigenvalue weighted by Gasteiger charge is 2.44. The number of aromatic amines is 1. The van der Waals surface area contributed by atoms with Crippen LogP contribution in [0.15, 0.2) is 24.5 Å². The molecule has 1 fully saturated rings. The van der Waals surface area contributed by atoms with E-state index >= 15 is 0 Å². The van der Waals surface area contributed by atoms with E-state index < -0.39 is 34.5 Å². The highest BCUT2D eigenvalue weighted by molar-refractivity contribution is 7.18. The van der Waals surface area contributed by atoms with Crippen molar-refractivity contribution in [1.29, 1.82) is 0 Å². The highest BCUT2D eigenvalue weighted by Crippen LogP contribution is 2.42. The van der Waals surface area contributed by atoms with Crippen molar-refractivity contribution in [3.63, 3.8) is 0 Å². The first-order chi connectivity index (χ1) is 17.3. The molecule has 0 bridgehead atoms. The first-order valence-corrected chi connectivity index (χ1v) is 12.7. The Morgan fingerprint density at radius 1 is 1.14 bits per heavy atom. The number of morpholine rings is 1. The van der Waals surface area contributed by atoms with Gasteiger partial charge in [-0.2, -0.15) is 13.2 Å². The van der Waals surface area contributed by atoms with Crippen molar-refractivity contribution in [2.45, 2.75) is 18.6 Å². The monoisotopic (exact) mass is 538 g/mol. The summed E-state index contributed by atoms with van der Waals surface area (Å²) >= 11 is 1.91. The molecule has 3 aromatic heterocycles. The predicted octanol–water partition coefficient (Wildman–Crippen LogP) is 4.26. The molecule has 1 amide bonds. The average molecular weight is 539 g/mol. The van der Waals surface area contributed by atoms with Gasteiger partial charge in [-0.05, 0) is 12.1 Å². The Labute approximate surface area is 209 Å². The summed E-state index contributed by atoms with van der Waals surface area (Å²) in [4.78, 5) is 32.0. The van der Waals surface area contributed by atoms with Crippen LogP contribution in [0.3, 0.4) is 0 Å². The Hall–Kier alpha value is -3.10. The summed E-state index contributed by atoms with van der Waals surface area (Å²) in [5.41, 5.74) is 0.190. The number of aromatic nitrogens is 4. The third-order valence-electron chi connectivity index (χ3n) is 6.17. The van der Waals surface area contributed by atoms with Gasteiger partial charge in [-0.1, -0.05) is 17.4 Å². The van der Waals surface area contributed by atoms with Crippen molar-refractivity contribution >= 4 is 43.9 Å². The molecule has 1 aromatic carbocycles. The SMILES string of the molecule is O=C(c1sc(N2CCOCC2)nc1C(F)(F)F)N1CCc2[nH]cnc2[C@H]1c1nc2c(F)cccc2s1. The van der Waals surface area contributed by atoms with Crippen LogP contribution < -0.4 is 4.90 Å². The van der Waals surface area contributed by atoms with Crippen LogP contribution in [0.5, 0.6) is 0 Å². The van der Waals surface area contributed by atoms with Crippen LogP contribution in [-0.4, -0.2) is 63.6 Å². The molecule has 0 unspecified atom stereocenters. The number of nitrogens with one attached hydrogen (secondary N) is 1. The zero-order valence-electron chi connectivity index (χ0n) is 18.5. The van der Waals surface area contributed by atoms with E-state index in [0.717, 1.165) is 17.0 Å². The van der Waals surface area contributed by atoms with E-state index in [9.17, 15) is 22.4 Å². The Bertz CT molecular complexity index is 1440. The molecule has 4 aromatic rings. The van der Waals surface area contributed by atoms with Gasteiger partial charge in [0.1, 0.15) is 27.3 Å². The van der Waals surface area contributed by atoms with Crippen LogP contribution in [0.25, 0.3) is 10.2 Å². The third kappa shape index (κ3) is 3.92. The molecular formula is C22H18F4N6O2S2. The molecule has 6 rings (SSSR count). The van der Waals surface area contributed by atoms with Crippen molar-refractivity contribution in [2.75, 3.05) is 37.7 Å². The van der Waals surface area contributed by atoms with Gasteiger partial charge >= 0.3 is 6.18 Å². The van der Waals surface area contributed by atoms with Crippen molar-refractivity contribution < 1.29 is 27.1 Å². The number of fused-ring (bicyclic) bond motifs is 2. The Kier molecular flexibility index (Phi) is 5.68. The summed E-state index contributed by atoms with van der Waals surface area (Å²) in [6.45, 7) is 1.65. The minimum atomic E-state index is -4.81. The average Bonchev–Trinajstić information content (AvgIpc) is 3.61. The second kappa shape index (κ2) is 8.78. The summed E-state index contributed by atoms with van der Waals surface area (Å²) in [6.07, 6.45) is -2.95. The molecule has 5 heterocycles. The van der Waals surface area contributed by atoms with Crippen LogP contribution in [-0.2, 0) is 17.3 Å². The molecule has 2 aliphatic rings. The number of hydrogen-bond acceptors (Lipinski definition) is 8. The molecule has 188 valence electrons. The number of alkyl halides is 3. The number of benzene rings is 1. The number of nitrogens with zero attached hydrogens (tertiary/aromatic N) is 5. The number of imidazole rings is 1. The number of rotatable bonds is 3. The lowest BCUT2D eigenvalue weighted by molar-refractivity contribution is -0.141. The fourth-order valence-corrected chi connectivity index (χ4v) is 6.65. The second-order valence-electron chi connectivity index (χ2n) is 8.33. The lowest BCUT2D eigenvalue weighted by Gasteiger charge is -2.33. The van der Waals surface area contributed by atoms with Gasteiger partial charge < -0.3 is 19.5 Å². The number of ether oxygens (including phenoxy) is 1. The van der Waals surface area contributed by atoms with Gasteiger partial charge in [-0.25, -0.2) is 19.3 Å². The van der Waals surface area contributed by atoms with Crippen LogP contribution in [0.1, 0.15) is 37.8 Å². The fraction of sp³-hybridized carbons (Fsp3) is 0.364. The van der Waals surface area contributed by atoms with Gasteiger partial charge in [-0.15, -0.1) is 11.3 Å². The number of halogens is 4. The number of hydrogen-bond donors (Lipinski definition) is 1. The lowest BCUT2D eigenvalue weighted by atomic mass is 10.0. The van der Waals surface area contributed by atoms with E-state index in [-0.39, 0.29) is 17.2 Å². The van der Waals surface area contributed by atoms with E-state index in [1.54, 1.807) is 17.0 Å². The second-order valence-corrected chi connectivity index (χ2v) is 10.4. The maximum Gasteiger partial charge on any atom is 0.435 e. The van der Waals surface area contributed by atoms with Gasteiger partial charge in [0.15, 0.2) is 10.8 Å². The largest absolute Gasteiger partial charge is 0.435 e. The van der Waals surface area contributed by atoms with Crippen molar-refractivity contribution in [1.82, 2.24) is 24.8 Å². The molecule has 0 aliphatic carbocycles. The quantitative estimate of drug-likeness (QED) is 0.393. The lowest BCUT2D eigenvalue weighted by Crippen LogP contribution is -2.41. The van der Waals surface area contributed by atoms with Gasteiger partial charge in [0.2, 0.25) is 0 Å². The smallest absolute Gasteiger partial charge is 0.378 e. The summed E-state index contributed by atoms with van der Waals surface area (Å²) in [7, 11) is 0. The minimum Gasteiger partial charge on any atom is -0.378 e. The molecule has 1 atom stereocenters. The zero-order chi connectivity index (χ0) is 25.0. The Morgan fingerprint density at radius 3 is 2.69 bits per heavy atom. The molecule has 8 nitrogen and oxygen atoms in total. The van der Waals surface area contributed by atoms with Crippen LogP contribution in [0.4, 0.5) is 22.7 Å². The van der Waals surface area contributed by atoms with Crippen molar-refractivity contribution in [3.05, 3.63) is 57.3 Å². The fourth-order valence-electron chi connectivity index (χ4n) is 4.46. The van der Waals surface area contributed by atoms with E-state index in [0.29, 0.717) is 48.1 Å². The molecule has 1 saturated heterocycles. The molecule has 14 heteroatoms. The first kappa shape index (κ1) is 23.3. The molecule has 36 heavy (non-hydrogen) atoms. The molecule has 0 spiro atoms. The maximum absolute atomic E-state index is 14.4. The van der Waals surface area contributed by atoms with Gasteiger partial charge in [0.05, 0.1) is 29.9 Å². The third-order valence-corrected chi connectivity index (χ3v) is 8.34. The summed E-state index contributed by atoms with van der Waals surface area (Å²) in [5.74, 6) is -1.32. The number of anilines is 1. The van der Waals surface area contributed by atoms with E-state index in [2.05, 4.69) is 19.9 Å². The number of thiazole rings is 2. The van der Waals surface area contributed by atoms with Crippen LogP contribution >= 0.6 is 22.7 Å². The number of H-pyrrole nitrogens is 1. The van der Waals surface area contributed by atoms with Gasteiger partial charge in [0.25, 0.3) is 5.91 Å². The molecule has 2 aliphatic heterocycles. The normalized spacial score (nSPS) is 18.6. The van der Waals surface area contributed by atoms with Gasteiger partial charge in [0, 0.05) is 31.7 Å². The predicted molar refractivity (Wildman–Crippen MR) is 125 cm³/mol. The summed E-state index contributed by atoms with van der Waals surface area (Å²) in [5, 5.41) is 0.507. The van der Waals surface area contributed by atoms with Crippen LogP contribution in [0, 0.1) is 5.82 Å². The van der Waals surface area contributed by atoms with Crippen molar-refractivity contribution in [2.24, 2.45) is 0 Å². The standard InChI is InChI=1S/C22H18F4N6O2S2/c23-11-2-1-3-13-14(11)29-19(35-13)16-15-12(27-10-28-15)4-5-32(16)20(33)17-18(22(24,25)26)30-21(36-17)31-6-8-34-9-7-31/h1-3,10,16H,4-9H2,(H,27,28)/t16-/m0/s1. The van der Waals surface area contributed by atoms with E-state index in [1.165, 1.54) is 28.6 Å². The summed E-state index contributed by atoms with van der Waals surface area (Å²) in [6, 6.07) is 3.69. The Morgan fingerprint density at radius 2 is 1.94 bits per heavy atom. The topological polar surface area (TPSA) is 87.2 Å². The van der Waals surface area contributed by atoms with Crippen LogP contribution in [0.2, 0.25) is 0 Å². The zero-order valence-corrected chi connectivity index (χ0v) is 20.1. The van der Waals surface area contributed by atoms with Crippen molar-refractivity contribution in [3.8, 4) is 0 Å². The highest BCUT2D eigenvalue weighted by atomic mass is 32.1. The molecular weight excluding hydrogens is 520 g/mol. The maximum atomic E-state index is 14.4. The molecule has 0 radical (unpaired) electrons. The molecule has 1 N–H and O–H groups in total. The van der Waals surface area contributed by atoms with E-state index in [1.807, 2.05) is 0 Å².